The molecule has 0 bridgehead atoms. The predicted octanol–water partition coefficient (Wildman–Crippen LogP) is 1.06. The zero-order chi connectivity index (χ0) is 17.6. The van der Waals surface area contributed by atoms with Crippen molar-refractivity contribution >= 4 is 11.8 Å². The minimum atomic E-state index is -0.499. The number of amides is 2. The van der Waals surface area contributed by atoms with Crippen LogP contribution in [0.3, 0.4) is 0 Å². The summed E-state index contributed by atoms with van der Waals surface area (Å²) in [5, 5.41) is 0. The van der Waals surface area contributed by atoms with Crippen LogP contribution in [0.25, 0.3) is 0 Å². The first kappa shape index (κ1) is 18.4. The summed E-state index contributed by atoms with van der Waals surface area (Å²) in [5.74, 6) is 0.0356. The highest BCUT2D eigenvalue weighted by Gasteiger charge is 2.43. The van der Waals surface area contributed by atoms with Crippen molar-refractivity contribution < 1.29 is 9.59 Å². The highest BCUT2D eigenvalue weighted by atomic mass is 16.2. The van der Waals surface area contributed by atoms with Crippen LogP contribution in [0, 0.1) is 5.41 Å². The number of nitrogens with zero attached hydrogens (tertiary/aromatic N) is 3. The third-order valence-electron chi connectivity index (χ3n) is 4.78. The fourth-order valence-corrected chi connectivity index (χ4v) is 3.59. The molecular formula is C18H28N4O2. The number of aromatic nitrogens is 1. The van der Waals surface area contributed by atoms with E-state index in [0.29, 0.717) is 13.1 Å². The number of piperidine rings is 1. The Morgan fingerprint density at radius 2 is 2.17 bits per heavy atom. The van der Waals surface area contributed by atoms with Gasteiger partial charge in [-0.15, -0.1) is 0 Å². The Labute approximate surface area is 144 Å². The first-order valence-electron chi connectivity index (χ1n) is 8.58. The van der Waals surface area contributed by atoms with E-state index in [4.69, 9.17) is 5.73 Å². The molecule has 24 heavy (non-hydrogen) atoms. The van der Waals surface area contributed by atoms with Gasteiger partial charge in [-0.25, -0.2) is 0 Å². The van der Waals surface area contributed by atoms with E-state index in [1.54, 1.807) is 30.1 Å². The van der Waals surface area contributed by atoms with E-state index in [1.165, 1.54) is 0 Å². The molecule has 1 fully saturated rings. The minimum absolute atomic E-state index is 0.000169. The summed E-state index contributed by atoms with van der Waals surface area (Å²) in [7, 11) is 3.57. The zero-order valence-corrected chi connectivity index (χ0v) is 14.7. The summed E-state index contributed by atoms with van der Waals surface area (Å²) in [6.07, 6.45) is 5.93. The van der Waals surface area contributed by atoms with Gasteiger partial charge in [0.15, 0.2) is 0 Å². The number of carbonyl (C=O) groups is 2. The van der Waals surface area contributed by atoms with E-state index < -0.39 is 5.41 Å². The lowest BCUT2D eigenvalue weighted by atomic mass is 9.74. The molecule has 2 rings (SSSR count). The van der Waals surface area contributed by atoms with Gasteiger partial charge < -0.3 is 15.5 Å². The predicted molar refractivity (Wildman–Crippen MR) is 93.2 cm³/mol. The second-order valence-corrected chi connectivity index (χ2v) is 6.78. The molecule has 1 saturated heterocycles. The smallest absolute Gasteiger partial charge is 0.236 e. The molecule has 2 N–H and O–H groups in total. The van der Waals surface area contributed by atoms with Gasteiger partial charge in [-0.1, -0.05) is 6.07 Å². The maximum Gasteiger partial charge on any atom is 0.236 e. The van der Waals surface area contributed by atoms with Gasteiger partial charge in [0.05, 0.1) is 12.0 Å². The first-order valence-corrected chi connectivity index (χ1v) is 8.58. The molecule has 1 aliphatic rings. The molecule has 1 atom stereocenters. The Morgan fingerprint density at radius 1 is 1.38 bits per heavy atom. The van der Waals surface area contributed by atoms with Crippen molar-refractivity contribution in [2.45, 2.75) is 32.1 Å². The number of hydrogen-bond acceptors (Lipinski definition) is 4. The molecule has 1 aromatic heterocycles. The third kappa shape index (κ3) is 4.32. The van der Waals surface area contributed by atoms with Crippen molar-refractivity contribution in [3.8, 4) is 0 Å². The number of rotatable bonds is 6. The molecule has 2 heterocycles. The van der Waals surface area contributed by atoms with Gasteiger partial charge in [0.2, 0.25) is 11.8 Å². The van der Waals surface area contributed by atoms with Crippen molar-refractivity contribution in [2.24, 2.45) is 11.1 Å². The molecule has 2 amide bonds. The third-order valence-corrected chi connectivity index (χ3v) is 4.78. The quantitative estimate of drug-likeness (QED) is 0.845. The van der Waals surface area contributed by atoms with E-state index in [2.05, 4.69) is 4.98 Å². The number of aryl methyl sites for hydroxylation is 1. The van der Waals surface area contributed by atoms with Gasteiger partial charge >= 0.3 is 0 Å². The summed E-state index contributed by atoms with van der Waals surface area (Å²) in [6, 6.07) is 5.88. The summed E-state index contributed by atoms with van der Waals surface area (Å²) >= 11 is 0. The Kier molecular flexibility index (Phi) is 6.31. The standard InChI is InChI=1S/C18H28N4O2/c1-21(2)17(24)18(9-5-8-15-7-3-4-11-20-15)10-6-12-22(14-18)16(23)13-19/h3-4,7,11H,5-6,8-10,12-14,19H2,1-2H3/t18-/m1/s1. The zero-order valence-electron chi connectivity index (χ0n) is 14.7. The monoisotopic (exact) mass is 332 g/mol. The molecule has 1 aromatic rings. The van der Waals surface area contributed by atoms with Gasteiger partial charge in [-0.3, -0.25) is 14.6 Å². The lowest BCUT2D eigenvalue weighted by Crippen LogP contribution is -2.54. The lowest BCUT2D eigenvalue weighted by molar-refractivity contribution is -0.147. The second-order valence-electron chi connectivity index (χ2n) is 6.78. The molecule has 0 saturated carbocycles. The van der Waals surface area contributed by atoms with Gasteiger partial charge in [0, 0.05) is 39.1 Å². The van der Waals surface area contributed by atoms with Crippen molar-refractivity contribution in [3.05, 3.63) is 30.1 Å². The summed E-state index contributed by atoms with van der Waals surface area (Å²) in [6.45, 7) is 1.17. The van der Waals surface area contributed by atoms with Crippen molar-refractivity contribution in [1.82, 2.24) is 14.8 Å². The van der Waals surface area contributed by atoms with Crippen LogP contribution in [0.5, 0.6) is 0 Å². The van der Waals surface area contributed by atoms with Crippen LogP contribution in [0.15, 0.2) is 24.4 Å². The summed E-state index contributed by atoms with van der Waals surface area (Å²) in [4.78, 5) is 32.6. The van der Waals surface area contributed by atoms with Crippen LogP contribution in [-0.2, 0) is 16.0 Å². The second kappa shape index (κ2) is 8.24. The van der Waals surface area contributed by atoms with Crippen LogP contribution in [0.1, 0.15) is 31.4 Å². The molecule has 0 unspecified atom stereocenters. The van der Waals surface area contributed by atoms with Gasteiger partial charge in [0.1, 0.15) is 0 Å². The fourth-order valence-electron chi connectivity index (χ4n) is 3.59. The topological polar surface area (TPSA) is 79.5 Å². The molecular weight excluding hydrogens is 304 g/mol. The average molecular weight is 332 g/mol. The van der Waals surface area contributed by atoms with Crippen LogP contribution < -0.4 is 5.73 Å². The van der Waals surface area contributed by atoms with Crippen LogP contribution >= 0.6 is 0 Å². The largest absolute Gasteiger partial charge is 0.348 e. The molecule has 1 aliphatic heterocycles. The average Bonchev–Trinajstić information content (AvgIpc) is 2.61. The van der Waals surface area contributed by atoms with Crippen LogP contribution in [-0.4, -0.2) is 60.3 Å². The Hall–Kier alpha value is -1.95. The molecule has 0 spiro atoms. The number of carbonyl (C=O) groups excluding carboxylic acids is 2. The molecule has 132 valence electrons. The highest BCUT2D eigenvalue weighted by Crippen LogP contribution is 2.36. The highest BCUT2D eigenvalue weighted by molar-refractivity contribution is 5.84. The molecule has 6 nitrogen and oxygen atoms in total. The van der Waals surface area contributed by atoms with Gasteiger partial charge in [-0.05, 0) is 44.2 Å². The van der Waals surface area contributed by atoms with E-state index in [1.807, 2.05) is 18.2 Å². The van der Waals surface area contributed by atoms with Crippen LogP contribution in [0.2, 0.25) is 0 Å². The molecule has 0 radical (unpaired) electrons. The first-order chi connectivity index (χ1) is 11.5. The molecule has 6 heteroatoms. The van der Waals surface area contributed by atoms with Crippen LogP contribution in [0.4, 0.5) is 0 Å². The van der Waals surface area contributed by atoms with Crippen molar-refractivity contribution in [1.29, 1.82) is 0 Å². The van der Waals surface area contributed by atoms with E-state index in [9.17, 15) is 9.59 Å². The van der Waals surface area contributed by atoms with E-state index in [0.717, 1.165) is 37.8 Å². The molecule has 0 aliphatic carbocycles. The summed E-state index contributed by atoms with van der Waals surface area (Å²) < 4.78 is 0. The van der Waals surface area contributed by atoms with Crippen molar-refractivity contribution in [2.75, 3.05) is 33.7 Å². The van der Waals surface area contributed by atoms with E-state index in [-0.39, 0.29) is 18.4 Å². The normalized spacial score (nSPS) is 20.7. The van der Waals surface area contributed by atoms with Gasteiger partial charge in [-0.2, -0.15) is 0 Å². The molecule has 0 aromatic carbocycles. The SMILES string of the molecule is CN(C)C(=O)[C@]1(CCCc2ccccn2)CCCN(C(=O)CN)C1. The number of likely N-dealkylation sites (tertiary alicyclic amines) is 1. The Morgan fingerprint density at radius 3 is 2.79 bits per heavy atom. The Bertz CT molecular complexity index is 561. The maximum absolute atomic E-state index is 12.9. The lowest BCUT2D eigenvalue weighted by Gasteiger charge is -2.43. The minimum Gasteiger partial charge on any atom is -0.348 e. The van der Waals surface area contributed by atoms with E-state index >= 15 is 0 Å². The maximum atomic E-state index is 12.9. The number of pyridine rings is 1. The Balaban J connectivity index is 2.08. The van der Waals surface area contributed by atoms with Crippen molar-refractivity contribution in [3.63, 3.8) is 0 Å². The fraction of sp³-hybridized carbons (Fsp3) is 0.611. The number of hydrogen-bond donors (Lipinski definition) is 1. The number of nitrogens with two attached hydrogens (primary N) is 1. The summed E-state index contributed by atoms with van der Waals surface area (Å²) in [5.41, 5.74) is 6.05. The van der Waals surface area contributed by atoms with Gasteiger partial charge in [0.25, 0.3) is 0 Å².